The van der Waals surface area contributed by atoms with Crippen LogP contribution in [0.4, 0.5) is 0 Å². The molecule has 9 heteroatoms. The summed E-state index contributed by atoms with van der Waals surface area (Å²) in [6.07, 6.45) is -1.83. The van der Waals surface area contributed by atoms with Crippen LogP contribution < -0.4 is 0 Å². The molecule has 0 aromatic carbocycles. The Morgan fingerprint density at radius 3 is 1.60 bits per heavy atom. The SMILES string of the molecule is O=[N+]([O-])O.OCC(O)COCC(O)CO. The van der Waals surface area contributed by atoms with Crippen molar-refractivity contribution in [1.29, 1.82) is 0 Å². The Morgan fingerprint density at radius 2 is 1.40 bits per heavy atom. The van der Waals surface area contributed by atoms with Gasteiger partial charge in [-0.05, 0) is 0 Å². The number of hydrogen-bond donors (Lipinski definition) is 5. The largest absolute Gasteiger partial charge is 0.394 e. The number of aliphatic hydroxyl groups is 4. The molecule has 0 amide bonds. The molecular formula is C6H15NO8. The molecule has 0 aromatic heterocycles. The third-order valence-corrected chi connectivity index (χ3v) is 1.04. The molecule has 0 saturated carbocycles. The van der Waals surface area contributed by atoms with Gasteiger partial charge in [-0.1, -0.05) is 0 Å². The van der Waals surface area contributed by atoms with E-state index in [0.717, 1.165) is 0 Å². The molecule has 0 heterocycles. The third kappa shape index (κ3) is 19.4. The average molecular weight is 229 g/mol. The van der Waals surface area contributed by atoms with Gasteiger partial charge in [0.2, 0.25) is 0 Å². The van der Waals surface area contributed by atoms with E-state index in [1.807, 2.05) is 0 Å². The molecule has 0 bridgehead atoms. The number of rotatable bonds is 6. The van der Waals surface area contributed by atoms with Gasteiger partial charge < -0.3 is 30.4 Å². The smallest absolute Gasteiger partial charge is 0.291 e. The van der Waals surface area contributed by atoms with E-state index in [4.69, 9.17) is 40.5 Å². The summed E-state index contributed by atoms with van der Waals surface area (Å²) in [5.74, 6) is 0. The molecule has 2 atom stereocenters. The van der Waals surface area contributed by atoms with Gasteiger partial charge in [0.05, 0.1) is 26.4 Å². The van der Waals surface area contributed by atoms with Crippen molar-refractivity contribution in [3.8, 4) is 0 Å². The Hall–Kier alpha value is -1.00. The summed E-state index contributed by atoms with van der Waals surface area (Å²) in [6.45, 7) is -0.800. The van der Waals surface area contributed by atoms with E-state index in [-0.39, 0.29) is 26.4 Å². The van der Waals surface area contributed by atoms with Crippen molar-refractivity contribution < 1.29 is 35.5 Å². The zero-order valence-corrected chi connectivity index (χ0v) is 7.89. The van der Waals surface area contributed by atoms with Crippen LogP contribution in [0, 0.1) is 10.1 Å². The molecule has 9 nitrogen and oxygen atoms in total. The first-order chi connectivity index (χ1) is 6.93. The molecule has 92 valence electrons. The van der Waals surface area contributed by atoms with Gasteiger partial charge in [0.15, 0.2) is 0 Å². The van der Waals surface area contributed by atoms with Crippen molar-refractivity contribution in [1.82, 2.24) is 0 Å². The number of ether oxygens (including phenoxy) is 1. The van der Waals surface area contributed by atoms with Crippen LogP contribution in [0.15, 0.2) is 0 Å². The molecule has 15 heavy (non-hydrogen) atoms. The minimum atomic E-state index is -1.50. The molecule has 0 saturated heterocycles. The van der Waals surface area contributed by atoms with Crippen LogP contribution in [-0.4, -0.2) is 69.4 Å². The van der Waals surface area contributed by atoms with Gasteiger partial charge in [-0.3, -0.25) is 0 Å². The van der Waals surface area contributed by atoms with E-state index in [1.165, 1.54) is 0 Å². The van der Waals surface area contributed by atoms with E-state index in [2.05, 4.69) is 0 Å². The highest BCUT2D eigenvalue weighted by Crippen LogP contribution is 1.87. The molecule has 0 radical (unpaired) electrons. The highest BCUT2D eigenvalue weighted by Gasteiger charge is 2.04. The fourth-order valence-corrected chi connectivity index (χ4v) is 0.446. The van der Waals surface area contributed by atoms with Gasteiger partial charge in [-0.2, -0.15) is 0 Å². The Balaban J connectivity index is 0. The number of hydrogen-bond acceptors (Lipinski definition) is 7. The molecule has 0 rings (SSSR count). The van der Waals surface area contributed by atoms with E-state index in [1.54, 1.807) is 0 Å². The Kier molecular flexibility index (Phi) is 12.1. The predicted octanol–water partition coefficient (Wildman–Crippen LogP) is -2.64. The van der Waals surface area contributed by atoms with E-state index in [0.29, 0.717) is 0 Å². The van der Waals surface area contributed by atoms with Gasteiger partial charge in [0.25, 0.3) is 5.09 Å². The van der Waals surface area contributed by atoms with Crippen molar-refractivity contribution in [2.75, 3.05) is 26.4 Å². The quantitative estimate of drug-likeness (QED) is 0.244. The normalized spacial score (nSPS) is 13.6. The van der Waals surface area contributed by atoms with Crippen LogP contribution in [0.3, 0.4) is 0 Å². The summed E-state index contributed by atoms with van der Waals surface area (Å²) in [5.41, 5.74) is 0. The van der Waals surface area contributed by atoms with Crippen LogP contribution in [-0.2, 0) is 4.74 Å². The van der Waals surface area contributed by atoms with Crippen LogP contribution in [0.2, 0.25) is 0 Å². The van der Waals surface area contributed by atoms with Crippen LogP contribution in [0.25, 0.3) is 0 Å². The van der Waals surface area contributed by atoms with Crippen molar-refractivity contribution in [2.45, 2.75) is 12.2 Å². The van der Waals surface area contributed by atoms with E-state index < -0.39 is 17.3 Å². The lowest BCUT2D eigenvalue weighted by molar-refractivity contribution is -0.742. The molecule has 0 aromatic rings. The van der Waals surface area contributed by atoms with Gasteiger partial charge >= 0.3 is 0 Å². The second-order valence-electron chi connectivity index (χ2n) is 2.45. The lowest BCUT2D eigenvalue weighted by Gasteiger charge is -2.10. The van der Waals surface area contributed by atoms with Crippen molar-refractivity contribution in [3.63, 3.8) is 0 Å². The molecule has 0 aliphatic carbocycles. The summed E-state index contributed by atoms with van der Waals surface area (Å²) in [5, 5.41) is 47.7. The Morgan fingerprint density at radius 1 is 1.13 bits per heavy atom. The lowest BCUT2D eigenvalue weighted by atomic mass is 10.4. The standard InChI is InChI=1S/C6H14O5.HNO3/c7-1-5(9)3-11-4-6(10)2-8;2-1(3)4/h5-10H,1-4H2;(H,2,3,4). The highest BCUT2D eigenvalue weighted by atomic mass is 16.9. The third-order valence-electron chi connectivity index (χ3n) is 1.04. The predicted molar refractivity (Wildman–Crippen MR) is 45.8 cm³/mol. The first-order valence-electron chi connectivity index (χ1n) is 3.92. The summed E-state index contributed by atoms with van der Waals surface area (Å²) in [7, 11) is 0. The van der Waals surface area contributed by atoms with Crippen molar-refractivity contribution >= 4 is 0 Å². The summed E-state index contributed by atoms with van der Waals surface area (Å²) < 4.78 is 4.72. The van der Waals surface area contributed by atoms with Crippen LogP contribution in [0.5, 0.6) is 0 Å². The molecule has 0 spiro atoms. The fraction of sp³-hybridized carbons (Fsp3) is 1.00. The highest BCUT2D eigenvalue weighted by molar-refractivity contribution is 4.52. The van der Waals surface area contributed by atoms with Crippen LogP contribution in [0.1, 0.15) is 0 Å². The van der Waals surface area contributed by atoms with Gasteiger partial charge in [-0.15, -0.1) is 10.1 Å². The lowest BCUT2D eigenvalue weighted by Crippen LogP contribution is -2.25. The van der Waals surface area contributed by atoms with Gasteiger partial charge in [-0.25, -0.2) is 0 Å². The van der Waals surface area contributed by atoms with Crippen molar-refractivity contribution in [2.24, 2.45) is 0 Å². The maximum absolute atomic E-state index is 8.72. The zero-order valence-electron chi connectivity index (χ0n) is 7.89. The molecule has 2 unspecified atom stereocenters. The Bertz CT molecular complexity index is 140. The van der Waals surface area contributed by atoms with E-state index in [9.17, 15) is 0 Å². The second kappa shape index (κ2) is 11.1. The number of nitrogens with zero attached hydrogens (tertiary/aromatic N) is 1. The fourth-order valence-electron chi connectivity index (χ4n) is 0.446. The molecule has 0 fully saturated rings. The Labute approximate surface area is 85.3 Å². The maximum atomic E-state index is 8.72. The first-order valence-corrected chi connectivity index (χ1v) is 3.92. The minimum Gasteiger partial charge on any atom is -0.394 e. The monoisotopic (exact) mass is 229 g/mol. The minimum absolute atomic E-state index is 0.0342. The van der Waals surface area contributed by atoms with Crippen LogP contribution >= 0.6 is 0 Å². The van der Waals surface area contributed by atoms with Gasteiger partial charge in [0, 0.05) is 0 Å². The average Bonchev–Trinajstić information content (AvgIpc) is 2.16. The molecule has 0 aliphatic heterocycles. The second-order valence-corrected chi connectivity index (χ2v) is 2.45. The zero-order chi connectivity index (χ0) is 12.3. The molecule has 0 aliphatic rings. The molecular weight excluding hydrogens is 214 g/mol. The topological polar surface area (TPSA) is 154 Å². The maximum Gasteiger partial charge on any atom is 0.291 e. The first kappa shape index (κ1) is 16.4. The summed E-state index contributed by atoms with van der Waals surface area (Å²) in [4.78, 5) is 8.36. The molecule has 5 N–H and O–H groups in total. The summed E-state index contributed by atoms with van der Waals surface area (Å²) in [6, 6.07) is 0. The van der Waals surface area contributed by atoms with E-state index >= 15 is 0 Å². The van der Waals surface area contributed by atoms with Gasteiger partial charge in [0.1, 0.15) is 12.2 Å². The van der Waals surface area contributed by atoms with Crippen molar-refractivity contribution in [3.05, 3.63) is 10.1 Å². The number of aliphatic hydroxyl groups excluding tert-OH is 4. The summed E-state index contributed by atoms with van der Waals surface area (Å²) >= 11 is 0.